The number of nitrogens with zero attached hydrogens (tertiary/aromatic N) is 2. The lowest BCUT2D eigenvalue weighted by Gasteiger charge is -2.17. The molecule has 1 aliphatic rings. The van der Waals surface area contributed by atoms with Crippen LogP contribution in [0, 0.1) is 5.41 Å². The molecule has 4 nitrogen and oxygen atoms in total. The molecular weight excluding hydrogens is 214 g/mol. The van der Waals surface area contributed by atoms with E-state index in [-0.39, 0.29) is 17.2 Å². The van der Waals surface area contributed by atoms with Crippen LogP contribution in [0.3, 0.4) is 0 Å². The third kappa shape index (κ3) is 1.44. The summed E-state index contributed by atoms with van der Waals surface area (Å²) in [5, 5.41) is 4.51. The number of fused-ring (bicyclic) bond motifs is 1. The van der Waals surface area contributed by atoms with Crippen LogP contribution in [0.2, 0.25) is 0 Å². The Bertz CT molecular complexity index is 550. The molecule has 0 bridgehead atoms. The number of hydrogen-bond acceptors (Lipinski definition) is 2. The van der Waals surface area contributed by atoms with Gasteiger partial charge in [0.25, 0.3) is 0 Å². The Balaban J connectivity index is 2.01. The Kier molecular flexibility index (Phi) is 2.02. The summed E-state index contributed by atoms with van der Waals surface area (Å²) in [5.74, 6) is -0.0954. The molecule has 1 atom stereocenters. The second kappa shape index (κ2) is 3.32. The van der Waals surface area contributed by atoms with Crippen LogP contribution >= 0.6 is 0 Å². The number of carbonyl (C=O) groups excluding carboxylic acids is 1. The molecule has 0 spiro atoms. The van der Waals surface area contributed by atoms with E-state index in [9.17, 15) is 4.79 Å². The van der Waals surface area contributed by atoms with E-state index in [1.165, 1.54) is 0 Å². The van der Waals surface area contributed by atoms with Gasteiger partial charge in [-0.1, -0.05) is 13.0 Å². The Morgan fingerprint density at radius 1 is 1.53 bits per heavy atom. The molecule has 0 radical (unpaired) electrons. The largest absolute Gasteiger partial charge is 0.369 e. The smallest absolute Gasteiger partial charge is 0.224 e. The fraction of sp³-hybridized carbons (Fsp3) is 0.385. The van der Waals surface area contributed by atoms with Gasteiger partial charge in [-0.25, -0.2) is 4.52 Å². The lowest BCUT2D eigenvalue weighted by Crippen LogP contribution is -2.29. The van der Waals surface area contributed by atoms with Crippen molar-refractivity contribution in [3.05, 3.63) is 36.2 Å². The van der Waals surface area contributed by atoms with E-state index >= 15 is 0 Å². The van der Waals surface area contributed by atoms with Crippen LogP contribution in [-0.2, 0) is 4.79 Å². The third-order valence-corrected chi connectivity index (χ3v) is 3.94. The Hall–Kier alpha value is -1.84. The van der Waals surface area contributed by atoms with Crippen LogP contribution in [0.15, 0.2) is 30.5 Å². The van der Waals surface area contributed by atoms with E-state index in [4.69, 9.17) is 5.73 Å². The van der Waals surface area contributed by atoms with Gasteiger partial charge in [-0.05, 0) is 31.0 Å². The molecule has 88 valence electrons. The standard InChI is InChI=1S/C13H15N3O/c1-9(13(5-6-13)12(14)17)11-8-10-4-2-3-7-16(10)15-11/h2-4,7-9H,5-6H2,1H3,(H2,14,17)/t9-/m0/s1. The monoisotopic (exact) mass is 229 g/mol. The summed E-state index contributed by atoms with van der Waals surface area (Å²) < 4.78 is 1.84. The van der Waals surface area contributed by atoms with Crippen molar-refractivity contribution in [2.75, 3.05) is 0 Å². The molecule has 0 aliphatic heterocycles. The van der Waals surface area contributed by atoms with Gasteiger partial charge in [-0.2, -0.15) is 5.10 Å². The number of nitrogens with two attached hydrogens (primary N) is 1. The highest BCUT2D eigenvalue weighted by Crippen LogP contribution is 2.55. The molecule has 1 fully saturated rings. The van der Waals surface area contributed by atoms with Gasteiger partial charge >= 0.3 is 0 Å². The second-order valence-electron chi connectivity index (χ2n) is 4.88. The quantitative estimate of drug-likeness (QED) is 0.870. The lowest BCUT2D eigenvalue weighted by atomic mass is 9.87. The molecule has 0 unspecified atom stereocenters. The SMILES string of the molecule is C[C@@H](c1cc2ccccn2n1)C1(C(N)=O)CC1. The Labute approximate surface area is 99.4 Å². The number of pyridine rings is 1. The average Bonchev–Trinajstić information content (AvgIpc) is 3.02. The fourth-order valence-electron chi connectivity index (χ4n) is 2.48. The summed E-state index contributed by atoms with van der Waals surface area (Å²) in [6.07, 6.45) is 3.68. The van der Waals surface area contributed by atoms with E-state index < -0.39 is 0 Å². The van der Waals surface area contributed by atoms with Crippen LogP contribution in [0.1, 0.15) is 31.4 Å². The molecule has 3 rings (SSSR count). The summed E-state index contributed by atoms with van der Waals surface area (Å²) in [6.45, 7) is 2.04. The van der Waals surface area contributed by atoms with E-state index in [0.29, 0.717) is 0 Å². The minimum atomic E-state index is -0.349. The van der Waals surface area contributed by atoms with E-state index in [1.54, 1.807) is 0 Å². The van der Waals surface area contributed by atoms with Gasteiger partial charge in [0, 0.05) is 12.1 Å². The van der Waals surface area contributed by atoms with Crippen molar-refractivity contribution < 1.29 is 4.79 Å². The first-order valence-corrected chi connectivity index (χ1v) is 5.88. The van der Waals surface area contributed by atoms with Crippen LogP contribution < -0.4 is 5.73 Å². The topological polar surface area (TPSA) is 60.4 Å². The van der Waals surface area contributed by atoms with E-state index in [0.717, 1.165) is 24.1 Å². The Morgan fingerprint density at radius 3 is 2.88 bits per heavy atom. The molecule has 0 aromatic carbocycles. The molecule has 17 heavy (non-hydrogen) atoms. The van der Waals surface area contributed by atoms with Crippen LogP contribution in [0.25, 0.3) is 5.52 Å². The molecule has 0 saturated heterocycles. The average molecular weight is 229 g/mol. The van der Waals surface area contributed by atoms with Crippen molar-refractivity contribution >= 4 is 11.4 Å². The maximum atomic E-state index is 11.5. The molecule has 2 aromatic rings. The van der Waals surface area contributed by atoms with Crippen LogP contribution in [0.5, 0.6) is 0 Å². The summed E-state index contributed by atoms with van der Waals surface area (Å²) in [4.78, 5) is 11.5. The zero-order valence-corrected chi connectivity index (χ0v) is 9.76. The van der Waals surface area contributed by atoms with Gasteiger partial charge in [0.2, 0.25) is 5.91 Å². The van der Waals surface area contributed by atoms with Crippen LogP contribution in [-0.4, -0.2) is 15.5 Å². The zero-order chi connectivity index (χ0) is 12.0. The first-order chi connectivity index (χ1) is 8.13. The normalized spacial score (nSPS) is 19.1. The zero-order valence-electron chi connectivity index (χ0n) is 9.76. The predicted molar refractivity (Wildman–Crippen MR) is 64.5 cm³/mol. The van der Waals surface area contributed by atoms with E-state index in [2.05, 4.69) is 5.10 Å². The molecule has 1 saturated carbocycles. The maximum absolute atomic E-state index is 11.5. The fourth-order valence-corrected chi connectivity index (χ4v) is 2.48. The molecule has 2 aromatic heterocycles. The number of rotatable bonds is 3. The van der Waals surface area contributed by atoms with Crippen molar-refractivity contribution in [3.63, 3.8) is 0 Å². The molecule has 4 heteroatoms. The van der Waals surface area contributed by atoms with Gasteiger partial charge in [-0.15, -0.1) is 0 Å². The van der Waals surface area contributed by atoms with Crippen molar-refractivity contribution in [1.29, 1.82) is 0 Å². The first kappa shape index (κ1) is 10.3. The molecule has 2 heterocycles. The third-order valence-electron chi connectivity index (χ3n) is 3.94. The highest BCUT2D eigenvalue weighted by Gasteiger charge is 2.53. The summed E-state index contributed by atoms with van der Waals surface area (Å²) in [7, 11) is 0. The summed E-state index contributed by atoms with van der Waals surface area (Å²) in [6, 6.07) is 7.96. The maximum Gasteiger partial charge on any atom is 0.224 e. The van der Waals surface area contributed by atoms with Crippen molar-refractivity contribution in [1.82, 2.24) is 9.61 Å². The lowest BCUT2D eigenvalue weighted by molar-refractivity contribution is -0.123. The summed E-state index contributed by atoms with van der Waals surface area (Å²) >= 11 is 0. The summed E-state index contributed by atoms with van der Waals surface area (Å²) in [5.41, 5.74) is 7.14. The van der Waals surface area contributed by atoms with E-state index in [1.807, 2.05) is 41.9 Å². The molecule has 1 aliphatic carbocycles. The van der Waals surface area contributed by atoms with Crippen molar-refractivity contribution in [3.8, 4) is 0 Å². The molecule has 2 N–H and O–H groups in total. The minimum Gasteiger partial charge on any atom is -0.369 e. The molecular formula is C13H15N3O. The van der Waals surface area contributed by atoms with Gasteiger partial charge in [-0.3, -0.25) is 4.79 Å². The minimum absolute atomic E-state index is 0.0971. The van der Waals surface area contributed by atoms with Gasteiger partial charge in [0.15, 0.2) is 0 Å². The first-order valence-electron chi connectivity index (χ1n) is 5.88. The van der Waals surface area contributed by atoms with Crippen molar-refractivity contribution in [2.24, 2.45) is 11.1 Å². The molecule has 1 amide bonds. The van der Waals surface area contributed by atoms with Crippen molar-refractivity contribution in [2.45, 2.75) is 25.7 Å². The number of hydrogen-bond donors (Lipinski definition) is 1. The number of amides is 1. The van der Waals surface area contributed by atoms with Gasteiger partial charge < -0.3 is 5.73 Å². The Morgan fingerprint density at radius 2 is 2.29 bits per heavy atom. The second-order valence-corrected chi connectivity index (χ2v) is 4.88. The number of aromatic nitrogens is 2. The van der Waals surface area contributed by atoms with Gasteiger partial charge in [0.05, 0.1) is 16.6 Å². The highest BCUT2D eigenvalue weighted by atomic mass is 16.1. The number of carbonyl (C=O) groups is 1. The number of primary amides is 1. The van der Waals surface area contributed by atoms with Crippen LogP contribution in [0.4, 0.5) is 0 Å². The highest BCUT2D eigenvalue weighted by molar-refractivity contribution is 5.84. The predicted octanol–water partition coefficient (Wildman–Crippen LogP) is 1.70. The van der Waals surface area contributed by atoms with Gasteiger partial charge in [0.1, 0.15) is 0 Å².